The molecule has 0 saturated carbocycles. The zero-order chi connectivity index (χ0) is 8.69. The van der Waals surface area contributed by atoms with Crippen LogP contribution < -0.4 is 23.6 Å². The number of amides is 2. The molecule has 2 N–H and O–H groups in total. The fraction of sp³-hybridized carbons (Fsp3) is 0.667. The summed E-state index contributed by atoms with van der Waals surface area (Å²) in [5.41, 5.74) is 6.55. The first-order valence-corrected chi connectivity index (χ1v) is 3.79. The van der Waals surface area contributed by atoms with Gasteiger partial charge in [0.25, 0.3) is 0 Å². The van der Waals surface area contributed by atoms with Gasteiger partial charge in [0.15, 0.2) is 0 Å². The first-order valence-electron chi connectivity index (χ1n) is 3.34. The van der Waals surface area contributed by atoms with Crippen molar-refractivity contribution in [1.29, 1.82) is 0 Å². The van der Waals surface area contributed by atoms with Crippen LogP contribution in [-0.2, 0) is 9.59 Å². The fourth-order valence-corrected chi connectivity index (χ4v) is 0.739. The average molecular weight is 182 g/mol. The Bertz CT molecular complexity index is 154. The number of carbonyl (C=O) groups excluding carboxylic acids is 2. The Morgan fingerprint density at radius 2 is 1.75 bits per heavy atom. The van der Waals surface area contributed by atoms with Gasteiger partial charge < -0.3 is 15.3 Å². The number of unbranched alkanes of at least 4 members (excludes halogenated alkanes) is 1. The summed E-state index contributed by atoms with van der Waals surface area (Å²) in [6.45, 7) is 0. The quantitative estimate of drug-likeness (QED) is 0.296. The monoisotopic (exact) mass is 182 g/mol. The summed E-state index contributed by atoms with van der Waals surface area (Å²) in [6, 6.07) is 0. The van der Waals surface area contributed by atoms with Crippen LogP contribution in [0.3, 0.4) is 0 Å². The van der Waals surface area contributed by atoms with E-state index in [9.17, 15) is 9.59 Å². The minimum Gasteiger partial charge on any atom is -0.668 e. The average Bonchev–Trinajstić information content (AvgIpc) is 1.97. The van der Waals surface area contributed by atoms with E-state index in [2.05, 4.69) is 17.5 Å². The Morgan fingerprint density at radius 1 is 1.25 bits per heavy atom. The van der Waals surface area contributed by atoms with Crippen LogP contribution in [-0.4, -0.2) is 11.8 Å². The minimum absolute atomic E-state index is 0. The first-order chi connectivity index (χ1) is 5.16. The predicted molar refractivity (Wildman–Crippen MR) is 44.9 cm³/mol. The van der Waals surface area contributed by atoms with Gasteiger partial charge in [-0.3, -0.25) is 4.79 Å². The third-order valence-corrected chi connectivity index (χ3v) is 1.43. The molecule has 0 aliphatic carbocycles. The van der Waals surface area contributed by atoms with E-state index in [0.717, 1.165) is 0 Å². The zero-order valence-electron chi connectivity index (χ0n) is 7.09. The SMILES string of the molecule is [Li+].[NH-]C(=O)CCCCC(=O)NS. The van der Waals surface area contributed by atoms with E-state index in [-0.39, 0.29) is 31.2 Å². The van der Waals surface area contributed by atoms with Crippen LogP contribution in [0.1, 0.15) is 25.7 Å². The largest absolute Gasteiger partial charge is 1.00 e. The maximum atomic E-state index is 10.5. The summed E-state index contributed by atoms with van der Waals surface area (Å²) >= 11 is 3.55. The van der Waals surface area contributed by atoms with Crippen LogP contribution in [0.25, 0.3) is 5.73 Å². The summed E-state index contributed by atoms with van der Waals surface area (Å²) < 4.78 is 2.18. The minimum atomic E-state index is -0.573. The molecule has 12 heavy (non-hydrogen) atoms. The third kappa shape index (κ3) is 9.89. The van der Waals surface area contributed by atoms with Gasteiger partial charge in [-0.25, -0.2) is 0 Å². The molecule has 0 aromatic carbocycles. The number of hydrogen-bond acceptors (Lipinski definition) is 3. The molecule has 6 heteroatoms. The standard InChI is InChI=1S/C6H12N2O2S.Li/c7-5(9)3-1-2-4-6(10)8-11;/h1-4H2,(H4,7,8,9,10,11);/q;+1/p-1. The number of nitrogens with one attached hydrogen (secondary N) is 2. The molecule has 0 bridgehead atoms. The van der Waals surface area contributed by atoms with Crippen molar-refractivity contribution in [1.82, 2.24) is 4.72 Å². The van der Waals surface area contributed by atoms with E-state index >= 15 is 0 Å². The molecule has 0 fully saturated rings. The van der Waals surface area contributed by atoms with E-state index in [1.807, 2.05) is 0 Å². The first kappa shape index (κ1) is 14.4. The van der Waals surface area contributed by atoms with E-state index < -0.39 is 5.91 Å². The number of thiol groups is 1. The van der Waals surface area contributed by atoms with Gasteiger partial charge >= 0.3 is 18.9 Å². The van der Waals surface area contributed by atoms with Crippen molar-refractivity contribution in [2.24, 2.45) is 0 Å². The maximum absolute atomic E-state index is 10.5. The van der Waals surface area contributed by atoms with Crippen molar-refractivity contribution in [3.63, 3.8) is 0 Å². The van der Waals surface area contributed by atoms with Crippen molar-refractivity contribution in [3.8, 4) is 0 Å². The van der Waals surface area contributed by atoms with Crippen LogP contribution in [0, 0.1) is 0 Å². The second-order valence-corrected chi connectivity index (χ2v) is 2.39. The maximum Gasteiger partial charge on any atom is 1.00 e. The molecule has 0 unspecified atom stereocenters. The predicted octanol–water partition coefficient (Wildman–Crippen LogP) is -1.91. The summed E-state index contributed by atoms with van der Waals surface area (Å²) in [5.74, 6) is -0.720. The summed E-state index contributed by atoms with van der Waals surface area (Å²) in [4.78, 5) is 20.6. The number of carbonyl (C=O) groups is 2. The molecule has 0 aromatic rings. The van der Waals surface area contributed by atoms with Gasteiger partial charge in [0.05, 0.1) is 0 Å². The van der Waals surface area contributed by atoms with Gasteiger partial charge in [-0.15, -0.1) is 0 Å². The van der Waals surface area contributed by atoms with Crippen molar-refractivity contribution in [2.75, 3.05) is 0 Å². The molecule has 0 heterocycles. The van der Waals surface area contributed by atoms with Gasteiger partial charge in [-0.1, -0.05) is 12.8 Å². The van der Waals surface area contributed by atoms with E-state index in [1.54, 1.807) is 0 Å². The number of hydrogen-bond donors (Lipinski definition) is 2. The Kier molecular flexibility index (Phi) is 10.8. The summed E-state index contributed by atoms with van der Waals surface area (Å²) in [5, 5.41) is 0. The molecular formula is C6H11LiN2O2S. The normalized spacial score (nSPS) is 8.42. The van der Waals surface area contributed by atoms with E-state index in [4.69, 9.17) is 5.73 Å². The zero-order valence-corrected chi connectivity index (χ0v) is 7.99. The van der Waals surface area contributed by atoms with Gasteiger partial charge in [0.2, 0.25) is 5.91 Å². The van der Waals surface area contributed by atoms with Crippen molar-refractivity contribution < 1.29 is 28.4 Å². The molecule has 0 aromatic heterocycles. The Morgan fingerprint density at radius 3 is 2.17 bits per heavy atom. The van der Waals surface area contributed by atoms with Gasteiger partial charge in [0, 0.05) is 12.3 Å². The van der Waals surface area contributed by atoms with Crippen LogP contribution >= 0.6 is 12.8 Å². The molecule has 0 rings (SSSR count). The van der Waals surface area contributed by atoms with Crippen molar-refractivity contribution in [2.45, 2.75) is 25.7 Å². The molecule has 0 spiro atoms. The van der Waals surface area contributed by atoms with Crippen molar-refractivity contribution >= 4 is 24.6 Å². The molecule has 0 aliphatic heterocycles. The van der Waals surface area contributed by atoms with Crippen molar-refractivity contribution in [3.05, 3.63) is 5.73 Å². The molecule has 4 nitrogen and oxygen atoms in total. The molecule has 0 radical (unpaired) electrons. The van der Waals surface area contributed by atoms with E-state index in [0.29, 0.717) is 19.3 Å². The van der Waals surface area contributed by atoms with Gasteiger partial charge in [-0.05, 0) is 19.3 Å². The van der Waals surface area contributed by atoms with Gasteiger partial charge in [0.1, 0.15) is 0 Å². The third-order valence-electron chi connectivity index (χ3n) is 1.18. The molecule has 2 amide bonds. The Hall–Kier alpha value is -0.113. The van der Waals surface area contributed by atoms with Crippen LogP contribution in [0.5, 0.6) is 0 Å². The van der Waals surface area contributed by atoms with E-state index in [1.165, 1.54) is 0 Å². The summed E-state index contributed by atoms with van der Waals surface area (Å²) in [7, 11) is 0. The smallest absolute Gasteiger partial charge is 0.668 e. The Labute approximate surface area is 89.4 Å². The van der Waals surface area contributed by atoms with Crippen LogP contribution in [0.15, 0.2) is 0 Å². The fourth-order valence-electron chi connectivity index (χ4n) is 0.627. The second kappa shape index (κ2) is 8.98. The number of rotatable bonds is 5. The van der Waals surface area contributed by atoms with Gasteiger partial charge in [-0.2, -0.15) is 0 Å². The molecule has 0 saturated heterocycles. The second-order valence-electron chi connectivity index (χ2n) is 2.17. The topological polar surface area (TPSA) is 70.0 Å². The molecule has 64 valence electrons. The molecule has 0 aliphatic rings. The molecular weight excluding hydrogens is 171 g/mol. The summed E-state index contributed by atoms with van der Waals surface area (Å²) in [6.07, 6.45) is 1.84. The molecule has 0 atom stereocenters. The van der Waals surface area contributed by atoms with Crippen LogP contribution in [0.4, 0.5) is 0 Å². The Balaban J connectivity index is 0. The van der Waals surface area contributed by atoms with Crippen LogP contribution in [0.2, 0.25) is 0 Å².